The summed E-state index contributed by atoms with van der Waals surface area (Å²) in [6, 6.07) is 4.60. The van der Waals surface area contributed by atoms with Crippen LogP contribution in [0.3, 0.4) is 0 Å². The molecule has 0 aromatic heterocycles. The zero-order valence-corrected chi connectivity index (χ0v) is 6.71. The topological polar surface area (TPSA) is 26.3 Å². The minimum absolute atomic E-state index is 0.199. The molecule has 1 aromatic rings. The first kappa shape index (κ1) is 8.71. The molecule has 0 saturated heterocycles. The van der Waals surface area contributed by atoms with Crippen LogP contribution in [0.15, 0.2) is 18.2 Å². The summed E-state index contributed by atoms with van der Waals surface area (Å²) in [5.74, 6) is -0.246. The molecule has 0 heterocycles. The molecule has 0 radical (unpaired) electrons. The summed E-state index contributed by atoms with van der Waals surface area (Å²) in [5.41, 5.74) is 1.35. The van der Waals surface area contributed by atoms with Crippen LogP contribution in [0.4, 0.5) is 4.39 Å². The van der Waals surface area contributed by atoms with Gasteiger partial charge < -0.3 is 4.74 Å². The second kappa shape index (κ2) is 3.85. The number of aryl methyl sites for hydroxylation is 1. The lowest BCUT2D eigenvalue weighted by atomic mass is 10.1. The monoisotopic (exact) mass is 168 g/mol. The van der Waals surface area contributed by atoms with E-state index >= 15 is 0 Å². The lowest BCUT2D eigenvalue weighted by Crippen LogP contribution is -1.92. The van der Waals surface area contributed by atoms with Crippen molar-refractivity contribution in [3.63, 3.8) is 0 Å². The van der Waals surface area contributed by atoms with Crippen LogP contribution in [0.5, 0.6) is 0 Å². The third-order valence-corrected chi connectivity index (χ3v) is 1.54. The number of benzene rings is 1. The molecule has 0 aliphatic carbocycles. The molecule has 64 valence electrons. The molecule has 0 aliphatic heterocycles. The molecule has 0 spiro atoms. The Bertz CT molecular complexity index is 284. The summed E-state index contributed by atoms with van der Waals surface area (Å²) < 4.78 is 17.2. The first-order valence-electron chi connectivity index (χ1n) is 3.54. The molecule has 0 bridgehead atoms. The zero-order valence-electron chi connectivity index (χ0n) is 6.71. The Morgan fingerprint density at radius 1 is 1.58 bits per heavy atom. The van der Waals surface area contributed by atoms with Crippen LogP contribution in [-0.4, -0.2) is 6.47 Å². The van der Waals surface area contributed by atoms with Gasteiger partial charge in [-0.25, -0.2) is 4.39 Å². The molecular weight excluding hydrogens is 159 g/mol. The van der Waals surface area contributed by atoms with Crippen molar-refractivity contribution in [2.45, 2.75) is 13.5 Å². The molecule has 0 N–H and O–H groups in total. The van der Waals surface area contributed by atoms with E-state index in [1.54, 1.807) is 19.1 Å². The summed E-state index contributed by atoms with van der Waals surface area (Å²) in [4.78, 5) is 9.83. The maximum Gasteiger partial charge on any atom is 0.293 e. The fourth-order valence-electron chi connectivity index (χ4n) is 0.927. The number of carbonyl (C=O) groups excluding carboxylic acids is 1. The molecule has 0 amide bonds. The van der Waals surface area contributed by atoms with E-state index < -0.39 is 0 Å². The summed E-state index contributed by atoms with van der Waals surface area (Å²) in [6.45, 7) is 2.24. The van der Waals surface area contributed by atoms with Crippen LogP contribution in [0.25, 0.3) is 0 Å². The van der Waals surface area contributed by atoms with Gasteiger partial charge in [0.1, 0.15) is 12.4 Å². The van der Waals surface area contributed by atoms with E-state index in [2.05, 4.69) is 4.74 Å². The summed E-state index contributed by atoms with van der Waals surface area (Å²) in [6.07, 6.45) is 0. The average molecular weight is 168 g/mol. The maximum absolute atomic E-state index is 12.7. The highest BCUT2D eigenvalue weighted by Gasteiger charge is 1.98. The summed E-state index contributed by atoms with van der Waals surface area (Å²) in [5, 5.41) is 0. The molecule has 3 heteroatoms. The fraction of sp³-hybridized carbons (Fsp3) is 0.222. The van der Waals surface area contributed by atoms with Crippen LogP contribution < -0.4 is 0 Å². The lowest BCUT2D eigenvalue weighted by molar-refractivity contribution is -0.129. The smallest absolute Gasteiger partial charge is 0.293 e. The number of hydrogen-bond donors (Lipinski definition) is 0. The normalized spacial score (nSPS) is 9.50. The average Bonchev–Trinajstić information content (AvgIpc) is 2.07. The Balaban J connectivity index is 2.75. The number of hydrogen-bond acceptors (Lipinski definition) is 2. The minimum Gasteiger partial charge on any atom is -0.463 e. The third-order valence-electron chi connectivity index (χ3n) is 1.54. The highest BCUT2D eigenvalue weighted by Crippen LogP contribution is 2.09. The Hall–Kier alpha value is -1.38. The second-order valence-corrected chi connectivity index (χ2v) is 2.49. The van der Waals surface area contributed by atoms with Crippen molar-refractivity contribution in [3.8, 4) is 0 Å². The highest BCUT2D eigenvalue weighted by atomic mass is 19.1. The highest BCUT2D eigenvalue weighted by molar-refractivity contribution is 5.37. The standard InChI is InChI=1S/C9H9FO2/c1-7-4-8(5-12-6-11)2-3-9(7)10/h2-4,6H,5H2,1H3. The van der Waals surface area contributed by atoms with Gasteiger partial charge in [-0.3, -0.25) is 4.79 Å². The van der Waals surface area contributed by atoms with Gasteiger partial charge in [-0.1, -0.05) is 6.07 Å². The van der Waals surface area contributed by atoms with Crippen molar-refractivity contribution in [2.24, 2.45) is 0 Å². The van der Waals surface area contributed by atoms with Gasteiger partial charge in [0.05, 0.1) is 0 Å². The minimum atomic E-state index is -0.246. The predicted molar refractivity (Wildman–Crippen MR) is 42.0 cm³/mol. The first-order chi connectivity index (χ1) is 5.74. The van der Waals surface area contributed by atoms with Crippen molar-refractivity contribution in [1.29, 1.82) is 0 Å². The number of halogens is 1. The molecule has 0 atom stereocenters. The number of ether oxygens (including phenoxy) is 1. The molecular formula is C9H9FO2. The Morgan fingerprint density at radius 3 is 2.92 bits per heavy atom. The first-order valence-corrected chi connectivity index (χ1v) is 3.54. The lowest BCUT2D eigenvalue weighted by Gasteiger charge is -2.01. The van der Waals surface area contributed by atoms with Gasteiger partial charge in [0, 0.05) is 0 Å². The van der Waals surface area contributed by atoms with Crippen molar-refractivity contribution in [1.82, 2.24) is 0 Å². The van der Waals surface area contributed by atoms with Gasteiger partial charge >= 0.3 is 0 Å². The van der Waals surface area contributed by atoms with Crippen LogP contribution in [0, 0.1) is 12.7 Å². The Kier molecular flexibility index (Phi) is 2.80. The van der Waals surface area contributed by atoms with Crippen molar-refractivity contribution in [3.05, 3.63) is 35.1 Å². The summed E-state index contributed by atoms with van der Waals surface area (Å²) in [7, 11) is 0. The SMILES string of the molecule is Cc1cc(COC=O)ccc1F. The summed E-state index contributed by atoms with van der Waals surface area (Å²) >= 11 is 0. The molecule has 0 aliphatic rings. The molecule has 0 saturated carbocycles. The van der Waals surface area contributed by atoms with Gasteiger partial charge in [-0.05, 0) is 30.2 Å². The van der Waals surface area contributed by atoms with Gasteiger partial charge in [-0.2, -0.15) is 0 Å². The second-order valence-electron chi connectivity index (χ2n) is 2.49. The number of carbonyl (C=O) groups is 1. The largest absolute Gasteiger partial charge is 0.463 e. The van der Waals surface area contributed by atoms with Gasteiger partial charge in [0.2, 0.25) is 0 Å². The van der Waals surface area contributed by atoms with Gasteiger partial charge in [0.25, 0.3) is 6.47 Å². The number of rotatable bonds is 3. The van der Waals surface area contributed by atoms with Crippen LogP contribution in [0.1, 0.15) is 11.1 Å². The van der Waals surface area contributed by atoms with E-state index in [1.165, 1.54) is 6.07 Å². The molecule has 2 nitrogen and oxygen atoms in total. The van der Waals surface area contributed by atoms with E-state index in [0.29, 0.717) is 12.0 Å². The van der Waals surface area contributed by atoms with Gasteiger partial charge in [0.15, 0.2) is 0 Å². The molecule has 0 fully saturated rings. The van der Waals surface area contributed by atoms with E-state index in [0.717, 1.165) is 5.56 Å². The predicted octanol–water partition coefficient (Wildman–Crippen LogP) is 1.81. The third kappa shape index (κ3) is 2.05. The molecule has 0 unspecified atom stereocenters. The zero-order chi connectivity index (χ0) is 8.97. The maximum atomic E-state index is 12.7. The van der Waals surface area contributed by atoms with Crippen molar-refractivity contribution >= 4 is 6.47 Å². The fourth-order valence-corrected chi connectivity index (χ4v) is 0.927. The van der Waals surface area contributed by atoms with Crippen molar-refractivity contribution in [2.75, 3.05) is 0 Å². The Labute approximate surface area is 70.0 Å². The van der Waals surface area contributed by atoms with Crippen LogP contribution in [0.2, 0.25) is 0 Å². The van der Waals surface area contributed by atoms with E-state index in [4.69, 9.17) is 0 Å². The van der Waals surface area contributed by atoms with Crippen LogP contribution >= 0.6 is 0 Å². The van der Waals surface area contributed by atoms with E-state index in [-0.39, 0.29) is 12.4 Å². The van der Waals surface area contributed by atoms with Crippen LogP contribution in [-0.2, 0) is 16.1 Å². The quantitative estimate of drug-likeness (QED) is 0.643. The van der Waals surface area contributed by atoms with E-state index in [1.807, 2.05) is 0 Å². The Morgan fingerprint density at radius 2 is 2.33 bits per heavy atom. The molecule has 1 aromatic carbocycles. The van der Waals surface area contributed by atoms with Gasteiger partial charge in [-0.15, -0.1) is 0 Å². The van der Waals surface area contributed by atoms with Crippen molar-refractivity contribution < 1.29 is 13.9 Å². The molecule has 12 heavy (non-hydrogen) atoms. The molecule has 1 rings (SSSR count). The van der Waals surface area contributed by atoms with E-state index in [9.17, 15) is 9.18 Å².